The van der Waals surface area contributed by atoms with Crippen LogP contribution in [0.3, 0.4) is 0 Å². The van der Waals surface area contributed by atoms with E-state index in [-0.39, 0.29) is 17.8 Å². The van der Waals surface area contributed by atoms with Crippen LogP contribution in [-0.4, -0.2) is 46.1 Å². The minimum atomic E-state index is -0.370. The van der Waals surface area contributed by atoms with Crippen molar-refractivity contribution in [3.63, 3.8) is 0 Å². The van der Waals surface area contributed by atoms with Gasteiger partial charge in [-0.2, -0.15) is 5.10 Å². The lowest BCUT2D eigenvalue weighted by molar-refractivity contribution is -0.135. The molecule has 0 fully saturated rings. The lowest BCUT2D eigenvalue weighted by atomic mass is 9.97. The predicted octanol–water partition coefficient (Wildman–Crippen LogP) is 1.75. The number of hydrogen-bond donors (Lipinski definition) is 0. The molecular formula is C17H21FN4O. The smallest absolute Gasteiger partial charge is 0.244 e. The third kappa shape index (κ3) is 2.99. The highest BCUT2D eigenvalue weighted by Gasteiger charge is 2.35. The quantitative estimate of drug-likeness (QED) is 0.866. The highest BCUT2D eigenvalue weighted by atomic mass is 19.1. The molecule has 1 unspecified atom stereocenters. The molecule has 0 N–H and O–H groups in total. The maximum Gasteiger partial charge on any atom is 0.244 e. The van der Waals surface area contributed by atoms with Gasteiger partial charge in [0.2, 0.25) is 5.91 Å². The summed E-state index contributed by atoms with van der Waals surface area (Å²) >= 11 is 0. The standard InChI is InChI=1S/C17H21FN4O/c1-20(2)17(23)16-14-10-19-21(3)15(14)7-8-22(16)11-12-5-4-6-13(18)9-12/h4-6,9-10,16H,7-8,11H2,1-3H3. The van der Waals surface area contributed by atoms with E-state index in [0.29, 0.717) is 6.54 Å². The van der Waals surface area contributed by atoms with Crippen molar-refractivity contribution >= 4 is 5.91 Å². The fraction of sp³-hybridized carbons (Fsp3) is 0.412. The van der Waals surface area contributed by atoms with Crippen molar-refractivity contribution in [2.45, 2.75) is 19.0 Å². The first kappa shape index (κ1) is 15.7. The summed E-state index contributed by atoms with van der Waals surface area (Å²) in [7, 11) is 5.42. The molecule has 2 heterocycles. The van der Waals surface area contributed by atoms with Crippen LogP contribution in [-0.2, 0) is 24.8 Å². The van der Waals surface area contributed by atoms with Gasteiger partial charge in [-0.05, 0) is 17.7 Å². The molecule has 1 atom stereocenters. The number of aryl methyl sites for hydroxylation is 1. The molecule has 0 saturated carbocycles. The van der Waals surface area contributed by atoms with Crippen LogP contribution in [0, 0.1) is 5.82 Å². The molecule has 1 amide bonds. The fourth-order valence-electron chi connectivity index (χ4n) is 3.16. The van der Waals surface area contributed by atoms with Gasteiger partial charge in [0.05, 0.1) is 6.20 Å². The molecule has 2 aromatic rings. The molecule has 1 aromatic carbocycles. The predicted molar refractivity (Wildman–Crippen MR) is 85.2 cm³/mol. The van der Waals surface area contributed by atoms with Crippen LogP contribution in [0.5, 0.6) is 0 Å². The zero-order valence-corrected chi connectivity index (χ0v) is 13.7. The number of fused-ring (bicyclic) bond motifs is 1. The number of amides is 1. The summed E-state index contributed by atoms with van der Waals surface area (Å²) < 4.78 is 15.3. The van der Waals surface area contributed by atoms with Crippen LogP contribution in [0.15, 0.2) is 30.5 Å². The summed E-state index contributed by atoms with van der Waals surface area (Å²) in [6.07, 6.45) is 2.61. The lowest BCUT2D eigenvalue weighted by Gasteiger charge is -2.36. The van der Waals surface area contributed by atoms with Crippen molar-refractivity contribution in [2.75, 3.05) is 20.6 Å². The number of nitrogens with zero attached hydrogens (tertiary/aromatic N) is 4. The van der Waals surface area contributed by atoms with Crippen molar-refractivity contribution in [2.24, 2.45) is 7.05 Å². The Kier molecular flexibility index (Phi) is 4.17. The monoisotopic (exact) mass is 316 g/mol. The Hall–Kier alpha value is -2.21. The van der Waals surface area contributed by atoms with Crippen molar-refractivity contribution in [3.05, 3.63) is 53.1 Å². The third-order valence-corrected chi connectivity index (χ3v) is 4.34. The number of aromatic nitrogens is 2. The molecule has 1 aliphatic rings. The number of carbonyl (C=O) groups excluding carboxylic acids is 1. The van der Waals surface area contributed by atoms with E-state index in [4.69, 9.17) is 0 Å². The van der Waals surface area contributed by atoms with E-state index in [2.05, 4.69) is 10.00 Å². The van der Waals surface area contributed by atoms with Crippen molar-refractivity contribution < 1.29 is 9.18 Å². The topological polar surface area (TPSA) is 41.4 Å². The summed E-state index contributed by atoms with van der Waals surface area (Å²) in [6, 6.07) is 6.18. The lowest BCUT2D eigenvalue weighted by Crippen LogP contribution is -2.43. The summed E-state index contributed by atoms with van der Waals surface area (Å²) in [5.74, 6) is -0.229. The molecule has 3 rings (SSSR count). The van der Waals surface area contributed by atoms with Gasteiger partial charge in [0.1, 0.15) is 11.9 Å². The first-order valence-corrected chi connectivity index (χ1v) is 7.68. The molecule has 0 bridgehead atoms. The van der Waals surface area contributed by atoms with E-state index in [1.807, 2.05) is 17.8 Å². The van der Waals surface area contributed by atoms with Crippen LogP contribution in [0.1, 0.15) is 22.9 Å². The third-order valence-electron chi connectivity index (χ3n) is 4.34. The average molecular weight is 316 g/mol. The second kappa shape index (κ2) is 6.12. The number of halogens is 1. The zero-order chi connectivity index (χ0) is 16.6. The molecule has 5 nitrogen and oxygen atoms in total. The molecule has 0 radical (unpaired) electrons. The van der Waals surface area contributed by atoms with Gasteiger partial charge in [-0.3, -0.25) is 14.4 Å². The van der Waals surface area contributed by atoms with Gasteiger partial charge >= 0.3 is 0 Å². The van der Waals surface area contributed by atoms with Crippen LogP contribution in [0.2, 0.25) is 0 Å². The van der Waals surface area contributed by atoms with Crippen molar-refractivity contribution in [1.29, 1.82) is 0 Å². The van der Waals surface area contributed by atoms with Crippen molar-refractivity contribution in [3.8, 4) is 0 Å². The Morgan fingerprint density at radius 2 is 2.22 bits per heavy atom. The van der Waals surface area contributed by atoms with Gasteiger partial charge in [-0.25, -0.2) is 4.39 Å². The van der Waals surface area contributed by atoms with Crippen LogP contribution in [0.4, 0.5) is 4.39 Å². The molecule has 0 aliphatic carbocycles. The molecular weight excluding hydrogens is 295 g/mol. The molecule has 23 heavy (non-hydrogen) atoms. The molecule has 1 aliphatic heterocycles. The van der Waals surface area contributed by atoms with Crippen LogP contribution < -0.4 is 0 Å². The fourth-order valence-corrected chi connectivity index (χ4v) is 3.16. The Bertz CT molecular complexity index is 725. The minimum Gasteiger partial charge on any atom is -0.347 e. The second-order valence-corrected chi connectivity index (χ2v) is 6.16. The average Bonchev–Trinajstić information content (AvgIpc) is 2.88. The number of benzene rings is 1. The minimum absolute atomic E-state index is 0.0235. The molecule has 0 spiro atoms. The van der Waals surface area contributed by atoms with Gasteiger partial charge < -0.3 is 4.90 Å². The van der Waals surface area contributed by atoms with Crippen molar-refractivity contribution in [1.82, 2.24) is 19.6 Å². The molecule has 0 saturated heterocycles. The SMILES string of the molecule is CN(C)C(=O)C1c2cnn(C)c2CCN1Cc1cccc(F)c1. The van der Waals surface area contributed by atoms with Crippen LogP contribution >= 0.6 is 0 Å². The van der Waals surface area contributed by atoms with E-state index in [1.165, 1.54) is 12.1 Å². The number of rotatable bonds is 3. The Balaban J connectivity index is 1.94. The normalized spacial score (nSPS) is 17.8. The van der Waals surface area contributed by atoms with Gasteiger partial charge in [0.25, 0.3) is 0 Å². The van der Waals surface area contributed by atoms with E-state index in [1.54, 1.807) is 31.3 Å². The Morgan fingerprint density at radius 3 is 2.91 bits per heavy atom. The summed E-state index contributed by atoms with van der Waals surface area (Å²) in [4.78, 5) is 16.4. The largest absolute Gasteiger partial charge is 0.347 e. The van der Waals surface area contributed by atoms with E-state index in [0.717, 1.165) is 29.8 Å². The summed E-state index contributed by atoms with van der Waals surface area (Å²) in [5.41, 5.74) is 2.92. The maximum atomic E-state index is 13.4. The first-order valence-electron chi connectivity index (χ1n) is 7.68. The Labute approximate surface area is 135 Å². The van der Waals surface area contributed by atoms with Gasteiger partial charge in [0.15, 0.2) is 0 Å². The van der Waals surface area contributed by atoms with E-state index in [9.17, 15) is 9.18 Å². The van der Waals surface area contributed by atoms with E-state index < -0.39 is 0 Å². The van der Waals surface area contributed by atoms with Gasteiger partial charge in [-0.1, -0.05) is 12.1 Å². The number of likely N-dealkylation sites (N-methyl/N-ethyl adjacent to an activating group) is 1. The van der Waals surface area contributed by atoms with Gasteiger partial charge in [-0.15, -0.1) is 0 Å². The first-order chi connectivity index (χ1) is 11.0. The van der Waals surface area contributed by atoms with E-state index >= 15 is 0 Å². The maximum absolute atomic E-state index is 13.4. The van der Waals surface area contributed by atoms with Crippen LogP contribution in [0.25, 0.3) is 0 Å². The molecule has 1 aromatic heterocycles. The Morgan fingerprint density at radius 1 is 1.43 bits per heavy atom. The highest BCUT2D eigenvalue weighted by molar-refractivity contribution is 5.83. The molecule has 122 valence electrons. The highest BCUT2D eigenvalue weighted by Crippen LogP contribution is 2.31. The summed E-state index contributed by atoms with van der Waals surface area (Å²) in [5, 5.41) is 4.31. The van der Waals surface area contributed by atoms with Gasteiger partial charge in [0, 0.05) is 51.9 Å². The molecule has 6 heteroatoms. The second-order valence-electron chi connectivity index (χ2n) is 6.16. The number of carbonyl (C=O) groups is 1. The summed E-state index contributed by atoms with van der Waals surface area (Å²) in [6.45, 7) is 1.28. The number of hydrogen-bond acceptors (Lipinski definition) is 3. The zero-order valence-electron chi connectivity index (χ0n) is 13.7.